The summed E-state index contributed by atoms with van der Waals surface area (Å²) in [4.78, 5) is 17.2. The van der Waals surface area contributed by atoms with Crippen LogP contribution in [0.2, 0.25) is 0 Å². The van der Waals surface area contributed by atoms with Gasteiger partial charge in [-0.25, -0.2) is 4.98 Å². The van der Waals surface area contributed by atoms with E-state index < -0.39 is 0 Å². The number of carbonyl (C=O) groups is 1. The van der Waals surface area contributed by atoms with Gasteiger partial charge < -0.3 is 14.6 Å². The van der Waals surface area contributed by atoms with Gasteiger partial charge in [0.05, 0.1) is 18.3 Å². The van der Waals surface area contributed by atoms with Gasteiger partial charge in [-0.05, 0) is 54.5 Å². The van der Waals surface area contributed by atoms with Crippen molar-refractivity contribution in [3.8, 4) is 22.4 Å². The molecule has 0 atom stereocenters. The summed E-state index contributed by atoms with van der Waals surface area (Å²) in [7, 11) is 2.04. The highest BCUT2D eigenvalue weighted by Crippen LogP contribution is 2.28. The lowest BCUT2D eigenvalue weighted by Crippen LogP contribution is -2.24. The molecule has 0 amide bonds. The third-order valence-electron chi connectivity index (χ3n) is 5.79. The number of nitrogens with one attached hydrogen (secondary N) is 1. The molecule has 0 aliphatic heterocycles. The Bertz CT molecular complexity index is 1330. The van der Waals surface area contributed by atoms with Gasteiger partial charge in [0.2, 0.25) is 0 Å². The van der Waals surface area contributed by atoms with Crippen LogP contribution in [0, 0.1) is 0 Å². The van der Waals surface area contributed by atoms with E-state index in [9.17, 15) is 4.79 Å². The van der Waals surface area contributed by atoms with Crippen LogP contribution in [-0.2, 0) is 18.2 Å². The van der Waals surface area contributed by atoms with E-state index in [2.05, 4.69) is 66.0 Å². The molecule has 0 fully saturated rings. The van der Waals surface area contributed by atoms with E-state index in [1.54, 1.807) is 0 Å². The fourth-order valence-electron chi connectivity index (χ4n) is 4.01. The molecule has 1 aromatic heterocycles. The third-order valence-corrected chi connectivity index (χ3v) is 5.79. The number of imidazole rings is 1. The molecule has 4 aromatic rings. The van der Waals surface area contributed by atoms with Crippen LogP contribution >= 0.6 is 0 Å². The standard InChI is InChI=1S/C29H31N3O2/c1-6-29-31-27(18-32(29)5)26-14-13-24-15-23(11-12-25(24)16-26)21-7-9-22(10-8-21)28(33)17-30-20(4)34-19(2)3/h7-16,18-19,30H,4,6,17H2,1-3,5H3. The van der Waals surface area contributed by atoms with Crippen molar-refractivity contribution in [3.05, 3.63) is 90.7 Å². The van der Waals surface area contributed by atoms with Crippen molar-refractivity contribution in [2.24, 2.45) is 7.05 Å². The maximum atomic E-state index is 12.5. The van der Waals surface area contributed by atoms with E-state index >= 15 is 0 Å². The van der Waals surface area contributed by atoms with Crippen LogP contribution in [0.25, 0.3) is 33.2 Å². The number of benzene rings is 3. The molecule has 1 N–H and O–H groups in total. The average molecular weight is 454 g/mol. The lowest BCUT2D eigenvalue weighted by molar-refractivity contribution is 0.0961. The summed E-state index contributed by atoms with van der Waals surface area (Å²) in [6, 6.07) is 20.6. The number of ether oxygens (including phenoxy) is 1. The molecule has 4 rings (SSSR count). The number of fused-ring (bicyclic) bond motifs is 1. The van der Waals surface area contributed by atoms with Gasteiger partial charge in [-0.2, -0.15) is 0 Å². The normalized spacial score (nSPS) is 11.1. The van der Waals surface area contributed by atoms with Crippen molar-refractivity contribution in [1.82, 2.24) is 14.9 Å². The number of nitrogens with zero attached hydrogens (tertiary/aromatic N) is 2. The molecule has 0 aliphatic rings. The number of aryl methyl sites for hydroxylation is 2. The number of ketones is 1. The maximum absolute atomic E-state index is 12.5. The molecule has 174 valence electrons. The highest BCUT2D eigenvalue weighted by Gasteiger charge is 2.10. The number of aromatic nitrogens is 2. The Labute approximate surface area is 201 Å². The minimum Gasteiger partial charge on any atom is -0.477 e. The first-order valence-electron chi connectivity index (χ1n) is 11.6. The number of carbonyl (C=O) groups excluding carboxylic acids is 1. The predicted molar refractivity (Wildman–Crippen MR) is 139 cm³/mol. The van der Waals surface area contributed by atoms with E-state index in [-0.39, 0.29) is 18.4 Å². The second-order valence-electron chi connectivity index (χ2n) is 8.73. The van der Waals surface area contributed by atoms with Gasteiger partial charge >= 0.3 is 0 Å². The minimum atomic E-state index is -0.00755. The zero-order valence-corrected chi connectivity index (χ0v) is 20.3. The second kappa shape index (κ2) is 9.96. The van der Waals surface area contributed by atoms with Crippen molar-refractivity contribution in [2.75, 3.05) is 6.54 Å². The first-order valence-corrected chi connectivity index (χ1v) is 11.6. The molecule has 0 bridgehead atoms. The Morgan fingerprint density at radius 2 is 1.62 bits per heavy atom. The maximum Gasteiger partial charge on any atom is 0.181 e. The van der Waals surface area contributed by atoms with Crippen LogP contribution in [0.4, 0.5) is 0 Å². The molecule has 0 unspecified atom stereocenters. The largest absolute Gasteiger partial charge is 0.477 e. The molecule has 34 heavy (non-hydrogen) atoms. The molecular formula is C29H31N3O2. The van der Waals surface area contributed by atoms with Crippen molar-refractivity contribution >= 4 is 16.6 Å². The van der Waals surface area contributed by atoms with Crippen LogP contribution < -0.4 is 5.32 Å². The van der Waals surface area contributed by atoms with Crippen molar-refractivity contribution < 1.29 is 9.53 Å². The Kier molecular flexibility index (Phi) is 6.82. The first-order chi connectivity index (χ1) is 16.3. The molecule has 1 heterocycles. The molecule has 3 aromatic carbocycles. The van der Waals surface area contributed by atoms with Gasteiger partial charge in [0, 0.05) is 30.8 Å². The summed E-state index contributed by atoms with van der Waals surface area (Å²) in [6.07, 6.45) is 3.02. The Morgan fingerprint density at radius 1 is 1.00 bits per heavy atom. The molecular weight excluding hydrogens is 422 g/mol. The smallest absolute Gasteiger partial charge is 0.181 e. The monoisotopic (exact) mass is 453 g/mol. The topological polar surface area (TPSA) is 56.2 Å². The van der Waals surface area contributed by atoms with E-state index in [1.165, 1.54) is 10.8 Å². The van der Waals surface area contributed by atoms with E-state index in [0.717, 1.165) is 34.6 Å². The second-order valence-corrected chi connectivity index (χ2v) is 8.73. The minimum absolute atomic E-state index is 0.00755. The van der Waals surface area contributed by atoms with Crippen molar-refractivity contribution in [2.45, 2.75) is 33.3 Å². The molecule has 5 heteroatoms. The summed E-state index contributed by atoms with van der Waals surface area (Å²) in [5, 5.41) is 5.27. The quantitative estimate of drug-likeness (QED) is 0.244. The summed E-state index contributed by atoms with van der Waals surface area (Å²) in [6.45, 7) is 9.89. The van der Waals surface area contributed by atoms with Crippen LogP contribution in [0.1, 0.15) is 37.0 Å². The summed E-state index contributed by atoms with van der Waals surface area (Å²) < 4.78 is 7.52. The Hall–Kier alpha value is -3.86. The lowest BCUT2D eigenvalue weighted by atomic mass is 9.98. The number of Topliss-reactive ketones (excluding diaryl/α,β-unsaturated/α-hetero) is 1. The first kappa shape index (κ1) is 23.3. The third kappa shape index (κ3) is 5.20. The fraction of sp³-hybridized carbons (Fsp3) is 0.241. The summed E-state index contributed by atoms with van der Waals surface area (Å²) in [5.74, 6) is 1.48. The van der Waals surface area contributed by atoms with Gasteiger partial charge in [0.1, 0.15) is 5.82 Å². The van der Waals surface area contributed by atoms with Gasteiger partial charge in [-0.3, -0.25) is 4.79 Å². The van der Waals surface area contributed by atoms with E-state index in [4.69, 9.17) is 9.72 Å². The SMILES string of the molecule is C=C(NCC(=O)c1ccc(-c2ccc3cc(-c4cn(C)c(CC)n4)ccc3c2)cc1)OC(C)C. The fourth-order valence-corrected chi connectivity index (χ4v) is 4.01. The Morgan fingerprint density at radius 3 is 2.24 bits per heavy atom. The number of hydrogen-bond donors (Lipinski definition) is 1. The zero-order valence-electron chi connectivity index (χ0n) is 20.3. The van der Waals surface area contributed by atoms with E-state index in [1.807, 2.05) is 45.2 Å². The van der Waals surface area contributed by atoms with Crippen molar-refractivity contribution in [3.63, 3.8) is 0 Å². The molecule has 0 aliphatic carbocycles. The van der Waals surface area contributed by atoms with Gasteiger partial charge in [-0.1, -0.05) is 55.5 Å². The highest BCUT2D eigenvalue weighted by atomic mass is 16.5. The molecule has 5 nitrogen and oxygen atoms in total. The molecule has 0 spiro atoms. The zero-order chi connectivity index (χ0) is 24.2. The Balaban J connectivity index is 1.49. The molecule has 0 radical (unpaired) electrons. The summed E-state index contributed by atoms with van der Waals surface area (Å²) >= 11 is 0. The van der Waals surface area contributed by atoms with Crippen LogP contribution in [0.15, 0.2) is 79.3 Å². The van der Waals surface area contributed by atoms with E-state index in [0.29, 0.717) is 11.4 Å². The number of hydrogen-bond acceptors (Lipinski definition) is 4. The average Bonchev–Trinajstić information content (AvgIpc) is 3.22. The van der Waals surface area contributed by atoms with Crippen LogP contribution in [0.3, 0.4) is 0 Å². The van der Waals surface area contributed by atoms with Gasteiger partial charge in [0.25, 0.3) is 0 Å². The predicted octanol–water partition coefficient (Wildman–Crippen LogP) is 6.14. The highest BCUT2D eigenvalue weighted by molar-refractivity contribution is 5.98. The van der Waals surface area contributed by atoms with Crippen LogP contribution in [-0.4, -0.2) is 28.0 Å². The molecule has 0 saturated carbocycles. The van der Waals surface area contributed by atoms with Gasteiger partial charge in [0.15, 0.2) is 11.7 Å². The summed E-state index contributed by atoms with van der Waals surface area (Å²) in [5.41, 5.74) is 4.95. The van der Waals surface area contributed by atoms with Crippen LogP contribution in [0.5, 0.6) is 0 Å². The molecule has 0 saturated heterocycles. The van der Waals surface area contributed by atoms with Crippen molar-refractivity contribution in [1.29, 1.82) is 0 Å². The lowest BCUT2D eigenvalue weighted by Gasteiger charge is -2.13. The number of rotatable bonds is 9. The van der Waals surface area contributed by atoms with Gasteiger partial charge in [-0.15, -0.1) is 0 Å².